The van der Waals surface area contributed by atoms with Crippen LogP contribution in [0.15, 0.2) is 42.5 Å². The van der Waals surface area contributed by atoms with Gasteiger partial charge in [0.2, 0.25) is 11.8 Å². The number of hydrogen-bond acceptors (Lipinski definition) is 6. The Hall–Kier alpha value is -4.08. The van der Waals surface area contributed by atoms with Crippen LogP contribution >= 0.6 is 0 Å². The Morgan fingerprint density at radius 3 is 2.24 bits per heavy atom. The molecule has 0 bridgehead atoms. The van der Waals surface area contributed by atoms with Gasteiger partial charge in [0.05, 0.1) is 7.11 Å². The quantitative estimate of drug-likeness (QED) is 0.369. The summed E-state index contributed by atoms with van der Waals surface area (Å²) in [4.78, 5) is 54.4. The van der Waals surface area contributed by atoms with Gasteiger partial charge in [0, 0.05) is 18.2 Å². The van der Waals surface area contributed by atoms with Crippen LogP contribution in [0.3, 0.4) is 0 Å². The van der Waals surface area contributed by atoms with Crippen molar-refractivity contribution in [2.24, 2.45) is 11.7 Å². The third-order valence-electron chi connectivity index (χ3n) is 6.96. The lowest BCUT2D eigenvalue weighted by molar-refractivity contribution is -0.142. The number of anilines is 1. The minimum Gasteiger partial charge on any atom is -0.497 e. The van der Waals surface area contributed by atoms with Crippen LogP contribution in [0.5, 0.6) is 5.75 Å². The standard InChI is InChI=1S/C31H42N4O6/c1-18-8-9-19(2)23(16-18)27(28(37)33-21-10-12-22(40-7)13-11-21)35(25-17-20(25)3)29(38)24(14-15-26(32)36)34-30(39)41-31(4,5)6/h8-13,16,20,24-25,27H,14-15,17H2,1-7H3,(H2,32,36)(H,33,37)(H,34,39). The van der Waals surface area contributed by atoms with Crippen LogP contribution < -0.4 is 21.1 Å². The molecule has 0 aromatic heterocycles. The number of carbonyl (C=O) groups is 4. The Labute approximate surface area is 241 Å². The van der Waals surface area contributed by atoms with Crippen molar-refractivity contribution in [3.8, 4) is 5.75 Å². The second-order valence-corrected chi connectivity index (χ2v) is 11.7. The molecule has 2 aromatic carbocycles. The minimum absolute atomic E-state index is 0.0371. The molecule has 1 aliphatic rings. The van der Waals surface area contributed by atoms with E-state index in [1.807, 2.05) is 39.0 Å². The molecular weight excluding hydrogens is 524 g/mol. The van der Waals surface area contributed by atoms with Crippen LogP contribution in [0, 0.1) is 19.8 Å². The van der Waals surface area contributed by atoms with Crippen LogP contribution in [-0.2, 0) is 19.1 Å². The van der Waals surface area contributed by atoms with Crippen LogP contribution in [0.4, 0.5) is 10.5 Å². The highest BCUT2D eigenvalue weighted by Crippen LogP contribution is 2.42. The van der Waals surface area contributed by atoms with Gasteiger partial charge in [0.1, 0.15) is 23.4 Å². The minimum atomic E-state index is -1.13. The zero-order valence-electron chi connectivity index (χ0n) is 24.9. The second-order valence-electron chi connectivity index (χ2n) is 11.7. The number of nitrogens with two attached hydrogens (primary N) is 1. The van der Waals surface area contributed by atoms with E-state index in [0.717, 1.165) is 11.1 Å². The average Bonchev–Trinajstić information content (AvgIpc) is 3.61. The van der Waals surface area contributed by atoms with Gasteiger partial charge in [-0.05, 0) is 88.8 Å². The molecule has 4 amide bonds. The summed E-state index contributed by atoms with van der Waals surface area (Å²) in [5, 5.41) is 5.59. The molecule has 0 heterocycles. The number of carbonyl (C=O) groups excluding carboxylic acids is 4. The molecule has 0 radical (unpaired) electrons. The third kappa shape index (κ3) is 8.70. The van der Waals surface area contributed by atoms with Gasteiger partial charge in [-0.1, -0.05) is 30.7 Å². The molecule has 1 aliphatic carbocycles. The van der Waals surface area contributed by atoms with Gasteiger partial charge in [-0.3, -0.25) is 14.4 Å². The van der Waals surface area contributed by atoms with E-state index in [1.54, 1.807) is 57.0 Å². The van der Waals surface area contributed by atoms with E-state index in [9.17, 15) is 19.2 Å². The summed E-state index contributed by atoms with van der Waals surface area (Å²) in [7, 11) is 1.56. The SMILES string of the molecule is COc1ccc(NC(=O)C(c2cc(C)ccc2C)N(C(=O)C(CCC(N)=O)NC(=O)OC(C)(C)C)C2CC2C)cc1. The van der Waals surface area contributed by atoms with Gasteiger partial charge in [-0.25, -0.2) is 4.79 Å². The maximum Gasteiger partial charge on any atom is 0.408 e. The molecule has 0 saturated heterocycles. The number of nitrogens with one attached hydrogen (secondary N) is 2. The van der Waals surface area contributed by atoms with Crippen LogP contribution in [0.2, 0.25) is 0 Å². The number of amides is 4. The molecule has 10 heteroatoms. The molecule has 0 spiro atoms. The van der Waals surface area contributed by atoms with Crippen LogP contribution in [0.25, 0.3) is 0 Å². The van der Waals surface area contributed by atoms with Crippen molar-refractivity contribution in [1.82, 2.24) is 10.2 Å². The molecule has 4 unspecified atom stereocenters. The fourth-order valence-electron chi connectivity index (χ4n) is 4.70. The van der Waals surface area contributed by atoms with E-state index >= 15 is 0 Å². The van der Waals surface area contributed by atoms with Gasteiger partial charge >= 0.3 is 6.09 Å². The first-order valence-corrected chi connectivity index (χ1v) is 13.8. The van der Waals surface area contributed by atoms with E-state index in [2.05, 4.69) is 10.6 Å². The van der Waals surface area contributed by atoms with Crippen molar-refractivity contribution >= 4 is 29.5 Å². The maximum absolute atomic E-state index is 14.3. The number of rotatable bonds is 11. The van der Waals surface area contributed by atoms with Crippen molar-refractivity contribution in [1.29, 1.82) is 0 Å². The van der Waals surface area contributed by atoms with Crippen molar-refractivity contribution < 1.29 is 28.7 Å². The Morgan fingerprint density at radius 2 is 1.71 bits per heavy atom. The number of primary amides is 1. The summed E-state index contributed by atoms with van der Waals surface area (Å²) in [5.41, 5.74) is 7.59. The lowest BCUT2D eigenvalue weighted by Crippen LogP contribution is -2.53. The van der Waals surface area contributed by atoms with Crippen molar-refractivity contribution in [3.05, 3.63) is 59.2 Å². The molecule has 41 heavy (non-hydrogen) atoms. The first-order chi connectivity index (χ1) is 19.2. The normalized spacial score (nSPS) is 17.5. The predicted molar refractivity (Wildman–Crippen MR) is 156 cm³/mol. The number of hydrogen-bond donors (Lipinski definition) is 3. The van der Waals surface area contributed by atoms with Gasteiger partial charge in [-0.15, -0.1) is 0 Å². The van der Waals surface area contributed by atoms with Crippen LogP contribution in [-0.4, -0.2) is 53.5 Å². The van der Waals surface area contributed by atoms with E-state index in [4.69, 9.17) is 15.2 Å². The summed E-state index contributed by atoms with van der Waals surface area (Å²) in [5.74, 6) is -0.713. The van der Waals surface area contributed by atoms with Crippen LogP contribution in [0.1, 0.15) is 69.7 Å². The van der Waals surface area contributed by atoms with Gasteiger partial charge in [-0.2, -0.15) is 0 Å². The second kappa shape index (κ2) is 13.1. The Kier molecular flexibility index (Phi) is 10.0. The fourth-order valence-corrected chi connectivity index (χ4v) is 4.70. The molecule has 4 N–H and O–H groups in total. The molecule has 4 atom stereocenters. The third-order valence-corrected chi connectivity index (χ3v) is 6.96. The summed E-state index contributed by atoms with van der Waals surface area (Å²) in [6.07, 6.45) is -0.273. The average molecular weight is 567 g/mol. The number of alkyl carbamates (subject to hydrolysis) is 1. The Bertz CT molecular complexity index is 1270. The molecule has 0 aliphatic heterocycles. The summed E-state index contributed by atoms with van der Waals surface area (Å²) in [6.45, 7) is 11.0. The summed E-state index contributed by atoms with van der Waals surface area (Å²) < 4.78 is 10.6. The summed E-state index contributed by atoms with van der Waals surface area (Å²) in [6, 6.07) is 10.3. The van der Waals surface area contributed by atoms with E-state index in [1.165, 1.54) is 0 Å². The lowest BCUT2D eigenvalue weighted by atomic mass is 9.95. The lowest BCUT2D eigenvalue weighted by Gasteiger charge is -2.35. The monoisotopic (exact) mass is 566 g/mol. The first-order valence-electron chi connectivity index (χ1n) is 13.8. The molecule has 222 valence electrons. The molecule has 2 aromatic rings. The zero-order chi connectivity index (χ0) is 30.5. The van der Waals surface area contributed by atoms with E-state index in [0.29, 0.717) is 23.4 Å². The molecule has 1 saturated carbocycles. The number of benzene rings is 2. The smallest absolute Gasteiger partial charge is 0.408 e. The maximum atomic E-state index is 14.3. The number of aryl methyl sites for hydroxylation is 2. The highest BCUT2D eigenvalue weighted by atomic mass is 16.6. The Morgan fingerprint density at radius 1 is 1.07 bits per heavy atom. The Balaban J connectivity index is 2.06. The van der Waals surface area contributed by atoms with E-state index < -0.39 is 41.5 Å². The number of ether oxygens (including phenoxy) is 2. The predicted octanol–water partition coefficient (Wildman–Crippen LogP) is 4.39. The van der Waals surface area contributed by atoms with Gasteiger partial charge in [0.15, 0.2) is 0 Å². The van der Waals surface area contributed by atoms with Gasteiger partial charge < -0.3 is 30.7 Å². The molecule has 1 fully saturated rings. The van der Waals surface area contributed by atoms with Crippen molar-refractivity contribution in [2.75, 3.05) is 12.4 Å². The van der Waals surface area contributed by atoms with Gasteiger partial charge in [0.25, 0.3) is 5.91 Å². The molecule has 10 nitrogen and oxygen atoms in total. The number of methoxy groups -OCH3 is 1. The first kappa shape index (κ1) is 31.4. The topological polar surface area (TPSA) is 140 Å². The largest absolute Gasteiger partial charge is 0.497 e. The highest BCUT2D eigenvalue weighted by molar-refractivity contribution is 5.99. The summed E-state index contributed by atoms with van der Waals surface area (Å²) >= 11 is 0. The molecular formula is C31H42N4O6. The highest BCUT2D eigenvalue weighted by Gasteiger charge is 2.48. The number of nitrogens with zero attached hydrogens (tertiary/aromatic N) is 1. The van der Waals surface area contributed by atoms with Crippen molar-refractivity contribution in [2.45, 2.75) is 84.5 Å². The zero-order valence-corrected chi connectivity index (χ0v) is 24.9. The van der Waals surface area contributed by atoms with E-state index in [-0.39, 0.29) is 24.8 Å². The fraction of sp³-hybridized carbons (Fsp3) is 0.484. The molecule has 3 rings (SSSR count). The van der Waals surface area contributed by atoms with Crippen molar-refractivity contribution in [3.63, 3.8) is 0 Å².